The van der Waals surface area contributed by atoms with Crippen molar-refractivity contribution in [2.75, 3.05) is 19.6 Å². The van der Waals surface area contributed by atoms with Crippen LogP contribution in [0.2, 0.25) is 0 Å². The number of hydrogen-bond acceptors (Lipinski definition) is 2. The van der Waals surface area contributed by atoms with E-state index in [9.17, 15) is 18.0 Å². The summed E-state index contributed by atoms with van der Waals surface area (Å²) in [6, 6.07) is 0. The number of nitrogens with zero attached hydrogens (tertiary/aromatic N) is 1. The van der Waals surface area contributed by atoms with Gasteiger partial charge in [-0.25, -0.2) is 0 Å². The molecule has 72 valence electrons. The molecule has 0 aliphatic rings. The average molecular weight is 183 g/mol. The van der Waals surface area contributed by atoms with Crippen LogP contribution in [0.5, 0.6) is 0 Å². The van der Waals surface area contributed by atoms with Crippen LogP contribution in [0, 0.1) is 0 Å². The monoisotopic (exact) mass is 183 g/mol. The number of carbonyl (C=O) groups is 1. The van der Waals surface area contributed by atoms with E-state index in [4.69, 9.17) is 0 Å². The van der Waals surface area contributed by atoms with Gasteiger partial charge in [0.1, 0.15) is 6.29 Å². The van der Waals surface area contributed by atoms with Crippen LogP contribution in [0.4, 0.5) is 13.2 Å². The van der Waals surface area contributed by atoms with Gasteiger partial charge in [-0.2, -0.15) is 13.2 Å². The van der Waals surface area contributed by atoms with Crippen molar-refractivity contribution in [1.82, 2.24) is 4.90 Å². The van der Waals surface area contributed by atoms with Gasteiger partial charge in [0.15, 0.2) is 0 Å². The van der Waals surface area contributed by atoms with E-state index in [0.717, 1.165) is 0 Å². The van der Waals surface area contributed by atoms with Gasteiger partial charge in [-0.15, -0.1) is 0 Å². The molecular formula is C7H12F3NO. The Balaban J connectivity index is 3.74. The minimum atomic E-state index is -4.17. The second-order valence-corrected chi connectivity index (χ2v) is 2.44. The third-order valence-electron chi connectivity index (χ3n) is 1.41. The minimum absolute atomic E-state index is 0.157. The fourth-order valence-corrected chi connectivity index (χ4v) is 0.838. The Morgan fingerprint density at radius 2 is 2.00 bits per heavy atom. The van der Waals surface area contributed by atoms with E-state index >= 15 is 0 Å². The molecule has 0 saturated heterocycles. The Labute approximate surface area is 69.3 Å². The summed E-state index contributed by atoms with van der Waals surface area (Å²) in [6.07, 6.45) is -3.39. The highest BCUT2D eigenvalue weighted by Gasteiger charge is 2.29. The van der Waals surface area contributed by atoms with E-state index in [1.165, 1.54) is 4.90 Å². The van der Waals surface area contributed by atoms with E-state index in [0.29, 0.717) is 12.8 Å². The second-order valence-electron chi connectivity index (χ2n) is 2.44. The van der Waals surface area contributed by atoms with E-state index in [-0.39, 0.29) is 13.0 Å². The summed E-state index contributed by atoms with van der Waals surface area (Å²) in [5.41, 5.74) is 0. The molecule has 0 fully saturated rings. The van der Waals surface area contributed by atoms with Crippen molar-refractivity contribution in [2.45, 2.75) is 19.5 Å². The third-order valence-corrected chi connectivity index (χ3v) is 1.41. The Bertz CT molecular complexity index is 135. The summed E-state index contributed by atoms with van der Waals surface area (Å²) >= 11 is 0. The Hall–Kier alpha value is -0.580. The van der Waals surface area contributed by atoms with Gasteiger partial charge in [0, 0.05) is 13.0 Å². The smallest absolute Gasteiger partial charge is 0.303 e. The van der Waals surface area contributed by atoms with Crippen LogP contribution in [0.15, 0.2) is 0 Å². The number of rotatable bonds is 5. The van der Waals surface area contributed by atoms with Gasteiger partial charge in [0.25, 0.3) is 0 Å². The minimum Gasteiger partial charge on any atom is -0.303 e. The molecule has 0 atom stereocenters. The summed E-state index contributed by atoms with van der Waals surface area (Å²) < 4.78 is 35.4. The van der Waals surface area contributed by atoms with E-state index < -0.39 is 12.7 Å². The molecule has 0 aromatic heterocycles. The Morgan fingerprint density at radius 3 is 2.33 bits per heavy atom. The lowest BCUT2D eigenvalue weighted by atomic mass is 10.4. The quantitative estimate of drug-likeness (QED) is 0.601. The van der Waals surface area contributed by atoms with Crippen LogP contribution < -0.4 is 0 Å². The molecule has 0 aliphatic carbocycles. The van der Waals surface area contributed by atoms with E-state index in [2.05, 4.69) is 0 Å². The maximum Gasteiger partial charge on any atom is 0.401 e. The zero-order valence-corrected chi connectivity index (χ0v) is 6.90. The molecule has 0 bridgehead atoms. The predicted molar refractivity (Wildman–Crippen MR) is 38.9 cm³/mol. The number of aldehydes is 1. The maximum absolute atomic E-state index is 11.8. The first-order valence-corrected chi connectivity index (χ1v) is 3.72. The van der Waals surface area contributed by atoms with E-state index in [1.54, 1.807) is 6.92 Å². The van der Waals surface area contributed by atoms with Gasteiger partial charge in [-0.1, -0.05) is 6.92 Å². The normalized spacial score (nSPS) is 12.1. The first kappa shape index (κ1) is 11.4. The van der Waals surface area contributed by atoms with Gasteiger partial charge in [0.05, 0.1) is 6.54 Å². The molecule has 0 rings (SSSR count). The molecule has 0 N–H and O–H groups in total. The summed E-state index contributed by atoms with van der Waals surface area (Å²) in [5.74, 6) is 0. The van der Waals surface area contributed by atoms with Gasteiger partial charge >= 0.3 is 6.18 Å². The van der Waals surface area contributed by atoms with Gasteiger partial charge in [-0.05, 0) is 6.54 Å². The summed E-state index contributed by atoms with van der Waals surface area (Å²) in [7, 11) is 0. The largest absolute Gasteiger partial charge is 0.401 e. The summed E-state index contributed by atoms with van der Waals surface area (Å²) in [4.78, 5) is 11.1. The van der Waals surface area contributed by atoms with Crippen LogP contribution in [-0.4, -0.2) is 37.0 Å². The zero-order chi connectivity index (χ0) is 9.61. The van der Waals surface area contributed by atoms with Gasteiger partial charge in [-0.3, -0.25) is 4.90 Å². The number of hydrogen-bond donors (Lipinski definition) is 0. The van der Waals surface area contributed by atoms with Crippen molar-refractivity contribution >= 4 is 6.29 Å². The highest BCUT2D eigenvalue weighted by atomic mass is 19.4. The van der Waals surface area contributed by atoms with Crippen LogP contribution >= 0.6 is 0 Å². The second kappa shape index (κ2) is 5.13. The lowest BCUT2D eigenvalue weighted by Gasteiger charge is -2.20. The molecule has 0 unspecified atom stereocenters. The lowest BCUT2D eigenvalue weighted by molar-refractivity contribution is -0.146. The van der Waals surface area contributed by atoms with Gasteiger partial charge in [0.2, 0.25) is 0 Å². The highest BCUT2D eigenvalue weighted by molar-refractivity contribution is 5.49. The molecule has 0 amide bonds. The number of halogens is 3. The van der Waals surface area contributed by atoms with Crippen molar-refractivity contribution in [3.8, 4) is 0 Å². The lowest BCUT2D eigenvalue weighted by Crippen LogP contribution is -2.34. The van der Waals surface area contributed by atoms with Crippen LogP contribution in [0.1, 0.15) is 13.3 Å². The maximum atomic E-state index is 11.8. The van der Waals surface area contributed by atoms with Crippen LogP contribution in [-0.2, 0) is 4.79 Å². The molecular weight excluding hydrogens is 171 g/mol. The molecule has 0 saturated carbocycles. The first-order chi connectivity index (χ1) is 5.49. The molecule has 0 spiro atoms. The van der Waals surface area contributed by atoms with Crippen molar-refractivity contribution in [1.29, 1.82) is 0 Å². The first-order valence-electron chi connectivity index (χ1n) is 3.72. The molecule has 0 aromatic carbocycles. The topological polar surface area (TPSA) is 20.3 Å². The fourth-order valence-electron chi connectivity index (χ4n) is 0.838. The standard InChI is InChI=1S/C7H12F3NO/c1-2-11(4-3-5-12)6-7(8,9)10/h5H,2-4,6H2,1H3. The summed E-state index contributed by atoms with van der Waals surface area (Å²) in [6.45, 7) is 1.20. The van der Waals surface area contributed by atoms with Crippen molar-refractivity contribution in [3.05, 3.63) is 0 Å². The van der Waals surface area contributed by atoms with Gasteiger partial charge < -0.3 is 4.79 Å². The van der Waals surface area contributed by atoms with Crippen LogP contribution in [0.3, 0.4) is 0 Å². The number of carbonyl (C=O) groups excluding carboxylic acids is 1. The SMILES string of the molecule is CCN(CCC=O)CC(F)(F)F. The van der Waals surface area contributed by atoms with Crippen molar-refractivity contribution in [2.24, 2.45) is 0 Å². The number of alkyl halides is 3. The summed E-state index contributed by atoms with van der Waals surface area (Å²) in [5, 5.41) is 0. The van der Waals surface area contributed by atoms with E-state index in [1.807, 2.05) is 0 Å². The fraction of sp³-hybridized carbons (Fsp3) is 0.857. The molecule has 0 aromatic rings. The molecule has 2 nitrogen and oxygen atoms in total. The van der Waals surface area contributed by atoms with Crippen molar-refractivity contribution < 1.29 is 18.0 Å². The molecule has 12 heavy (non-hydrogen) atoms. The highest BCUT2D eigenvalue weighted by Crippen LogP contribution is 2.16. The predicted octanol–water partition coefficient (Wildman–Crippen LogP) is 1.46. The zero-order valence-electron chi connectivity index (χ0n) is 6.90. The third kappa shape index (κ3) is 6.15. The Kier molecular flexibility index (Phi) is 4.89. The Morgan fingerprint density at radius 1 is 1.42 bits per heavy atom. The molecule has 0 aliphatic heterocycles. The average Bonchev–Trinajstić information content (AvgIpc) is 1.95. The van der Waals surface area contributed by atoms with Crippen LogP contribution in [0.25, 0.3) is 0 Å². The molecule has 0 radical (unpaired) electrons. The molecule has 5 heteroatoms. The molecule has 0 heterocycles. The van der Waals surface area contributed by atoms with Crippen molar-refractivity contribution in [3.63, 3.8) is 0 Å².